The van der Waals surface area contributed by atoms with Gasteiger partial charge in [-0.1, -0.05) is 95.3 Å². The summed E-state index contributed by atoms with van der Waals surface area (Å²) in [5.74, 6) is 0. The fourth-order valence-corrected chi connectivity index (χ4v) is 8.16. The van der Waals surface area contributed by atoms with E-state index in [9.17, 15) is 0 Å². The van der Waals surface area contributed by atoms with Gasteiger partial charge in [0.25, 0.3) is 8.32 Å². The Labute approximate surface area is 165 Å². The summed E-state index contributed by atoms with van der Waals surface area (Å²) in [6.07, 6.45) is 0. The van der Waals surface area contributed by atoms with Gasteiger partial charge in [-0.05, 0) is 22.3 Å². The fourth-order valence-electron chi connectivity index (χ4n) is 3.49. The number of rotatable bonds is 8. The van der Waals surface area contributed by atoms with Gasteiger partial charge >= 0.3 is 0 Å². The molecule has 148 valence electrons. The number of benzene rings is 2. The minimum atomic E-state index is -2.68. The maximum Gasteiger partial charge on any atom is 0.261 e. The lowest BCUT2D eigenvalue weighted by Gasteiger charge is -2.44. The van der Waals surface area contributed by atoms with E-state index in [2.05, 4.69) is 50.4 Å². The first-order valence-electron chi connectivity index (χ1n) is 9.76. The maximum atomic E-state index is 15.2. The molecule has 0 fully saturated rings. The van der Waals surface area contributed by atoms with Gasteiger partial charge in [-0.25, -0.2) is 4.39 Å². The second kappa shape index (κ2) is 8.68. The normalized spacial score (nSPS) is 15.0. The van der Waals surface area contributed by atoms with Crippen LogP contribution < -0.4 is 15.7 Å². The van der Waals surface area contributed by atoms with Gasteiger partial charge in [-0.3, -0.25) is 0 Å². The summed E-state index contributed by atoms with van der Waals surface area (Å²) >= 11 is 0. The number of hydrogen-bond acceptors (Lipinski definition) is 2. The molecule has 0 unspecified atom stereocenters. The van der Waals surface area contributed by atoms with Crippen LogP contribution in [-0.4, -0.2) is 33.2 Å². The topological polar surface area (TPSA) is 21.3 Å². The Bertz CT molecular complexity index is 656. The predicted molar refractivity (Wildman–Crippen MR) is 116 cm³/mol. The number of halogens is 1. The second-order valence-corrected chi connectivity index (χ2v) is 13.2. The van der Waals surface area contributed by atoms with Crippen molar-refractivity contribution in [2.24, 2.45) is 0 Å². The summed E-state index contributed by atoms with van der Waals surface area (Å²) < 4.78 is 21.9. The molecule has 0 heterocycles. The third-order valence-electron chi connectivity index (χ3n) is 4.89. The molecular formula is C23H34FNOSi. The lowest BCUT2D eigenvalue weighted by atomic mass is 10.1. The molecule has 0 saturated heterocycles. The largest absolute Gasteiger partial charge is 0.404 e. The molecule has 1 atom stereocenters. The lowest BCUT2D eigenvalue weighted by Crippen LogP contribution is -2.67. The van der Waals surface area contributed by atoms with Gasteiger partial charge in [0.1, 0.15) is 5.67 Å². The van der Waals surface area contributed by atoms with Crippen LogP contribution in [-0.2, 0) is 4.43 Å². The van der Waals surface area contributed by atoms with Gasteiger partial charge in [0.05, 0.1) is 6.61 Å². The molecule has 0 amide bonds. The Morgan fingerprint density at radius 2 is 1.33 bits per heavy atom. The summed E-state index contributed by atoms with van der Waals surface area (Å²) in [7, 11) is -2.68. The van der Waals surface area contributed by atoms with Gasteiger partial charge in [-0.2, -0.15) is 0 Å². The molecule has 0 aliphatic heterocycles. The third kappa shape index (κ3) is 5.28. The molecule has 0 bridgehead atoms. The summed E-state index contributed by atoms with van der Waals surface area (Å²) in [5, 5.41) is 5.41. The molecule has 0 aromatic heterocycles. The molecule has 0 aliphatic carbocycles. The zero-order valence-electron chi connectivity index (χ0n) is 17.6. The highest BCUT2D eigenvalue weighted by atomic mass is 28.4. The molecule has 0 spiro atoms. The van der Waals surface area contributed by atoms with Crippen molar-refractivity contribution in [2.45, 2.75) is 58.3 Å². The second-order valence-electron chi connectivity index (χ2n) is 8.90. The van der Waals surface area contributed by atoms with Crippen LogP contribution in [0.3, 0.4) is 0 Å². The molecule has 0 saturated carbocycles. The minimum Gasteiger partial charge on any atom is -0.404 e. The SMILES string of the molecule is CC(C)NC[C@@](C)(F)CO[Si](c1ccccc1)(c1ccccc1)C(C)(C)C. The highest BCUT2D eigenvalue weighted by Crippen LogP contribution is 2.37. The standard InChI is InChI=1S/C23H34FNOSi/c1-19(2)25-17-23(6,24)18-26-27(22(3,4)5,20-13-9-7-10-14-20)21-15-11-8-12-16-21/h7-16,19,25H,17-18H2,1-6H3/t23-/m1/s1. The summed E-state index contributed by atoms with van der Waals surface area (Å²) in [6, 6.07) is 21.0. The van der Waals surface area contributed by atoms with E-state index in [0.717, 1.165) is 0 Å². The first kappa shape index (κ1) is 21.8. The molecule has 0 radical (unpaired) electrons. The van der Waals surface area contributed by atoms with Gasteiger partial charge in [0.2, 0.25) is 0 Å². The maximum absolute atomic E-state index is 15.2. The van der Waals surface area contributed by atoms with E-state index >= 15 is 4.39 Å². The summed E-state index contributed by atoms with van der Waals surface area (Å²) in [4.78, 5) is 0. The highest BCUT2D eigenvalue weighted by Gasteiger charge is 2.51. The first-order valence-corrected chi connectivity index (χ1v) is 11.7. The smallest absolute Gasteiger partial charge is 0.261 e. The summed E-state index contributed by atoms with van der Waals surface area (Å²) in [5.41, 5.74) is -1.43. The van der Waals surface area contributed by atoms with Crippen molar-refractivity contribution in [1.82, 2.24) is 5.32 Å². The van der Waals surface area contributed by atoms with E-state index < -0.39 is 14.0 Å². The van der Waals surface area contributed by atoms with Crippen molar-refractivity contribution < 1.29 is 8.82 Å². The molecule has 2 aromatic rings. The van der Waals surface area contributed by atoms with Crippen LogP contribution >= 0.6 is 0 Å². The van der Waals surface area contributed by atoms with Crippen molar-refractivity contribution in [2.75, 3.05) is 13.2 Å². The van der Waals surface area contributed by atoms with Gasteiger partial charge < -0.3 is 9.74 Å². The van der Waals surface area contributed by atoms with Crippen LogP contribution in [0.2, 0.25) is 5.04 Å². The Hall–Kier alpha value is -1.49. The molecule has 4 heteroatoms. The minimum absolute atomic E-state index is 0.0694. The zero-order valence-corrected chi connectivity index (χ0v) is 18.6. The van der Waals surface area contributed by atoms with Crippen LogP contribution in [0.4, 0.5) is 4.39 Å². The van der Waals surface area contributed by atoms with Crippen molar-refractivity contribution in [3.63, 3.8) is 0 Å². The molecule has 27 heavy (non-hydrogen) atoms. The van der Waals surface area contributed by atoms with Crippen LogP contribution in [0.1, 0.15) is 41.5 Å². The van der Waals surface area contributed by atoms with Crippen molar-refractivity contribution in [3.05, 3.63) is 60.7 Å². The van der Waals surface area contributed by atoms with Crippen LogP contribution in [0, 0.1) is 0 Å². The quantitative estimate of drug-likeness (QED) is 0.682. The highest BCUT2D eigenvalue weighted by molar-refractivity contribution is 6.99. The first-order chi connectivity index (χ1) is 12.6. The third-order valence-corrected chi connectivity index (χ3v) is 9.87. The van der Waals surface area contributed by atoms with Gasteiger partial charge in [0.15, 0.2) is 0 Å². The molecule has 1 N–H and O–H groups in total. The number of hydrogen-bond donors (Lipinski definition) is 1. The van der Waals surface area contributed by atoms with E-state index in [1.54, 1.807) is 6.92 Å². The van der Waals surface area contributed by atoms with Gasteiger partial charge in [0, 0.05) is 12.6 Å². The Morgan fingerprint density at radius 3 is 1.70 bits per heavy atom. The number of nitrogens with one attached hydrogen (secondary N) is 1. The predicted octanol–water partition coefficient (Wildman–Crippen LogP) is 4.29. The Kier molecular flexibility index (Phi) is 7.01. The van der Waals surface area contributed by atoms with E-state index in [-0.39, 0.29) is 24.2 Å². The molecule has 0 aliphatic rings. The lowest BCUT2D eigenvalue weighted by molar-refractivity contribution is 0.0933. The van der Waals surface area contributed by atoms with E-state index in [1.807, 2.05) is 50.2 Å². The number of alkyl halides is 1. The fraction of sp³-hybridized carbons (Fsp3) is 0.478. The van der Waals surface area contributed by atoms with Gasteiger partial charge in [-0.15, -0.1) is 0 Å². The monoisotopic (exact) mass is 387 g/mol. The van der Waals surface area contributed by atoms with Crippen molar-refractivity contribution in [1.29, 1.82) is 0 Å². The molecule has 2 aromatic carbocycles. The Morgan fingerprint density at radius 1 is 0.889 bits per heavy atom. The zero-order chi connectivity index (χ0) is 20.1. The van der Waals surface area contributed by atoms with E-state index in [0.29, 0.717) is 0 Å². The Balaban J connectivity index is 2.47. The van der Waals surface area contributed by atoms with E-state index in [4.69, 9.17) is 4.43 Å². The summed E-state index contributed by atoms with van der Waals surface area (Å²) in [6.45, 7) is 12.7. The average molecular weight is 388 g/mol. The van der Waals surface area contributed by atoms with Crippen molar-refractivity contribution >= 4 is 18.7 Å². The van der Waals surface area contributed by atoms with Crippen molar-refractivity contribution in [3.8, 4) is 0 Å². The van der Waals surface area contributed by atoms with E-state index in [1.165, 1.54) is 10.4 Å². The molecule has 2 nitrogen and oxygen atoms in total. The molecule has 2 rings (SSSR count). The van der Waals surface area contributed by atoms with Crippen LogP contribution in [0.25, 0.3) is 0 Å². The van der Waals surface area contributed by atoms with Crippen LogP contribution in [0.5, 0.6) is 0 Å². The molecular weight excluding hydrogens is 353 g/mol. The van der Waals surface area contributed by atoms with Crippen LogP contribution in [0.15, 0.2) is 60.7 Å². The average Bonchev–Trinajstić information content (AvgIpc) is 2.61.